The molecule has 27 heavy (non-hydrogen) atoms. The molecular formula is C20H30N4O2S. The van der Waals surface area contributed by atoms with Gasteiger partial charge < -0.3 is 9.30 Å². The molecule has 2 heterocycles. The Labute approximate surface area is 165 Å². The van der Waals surface area contributed by atoms with Crippen LogP contribution in [0.25, 0.3) is 0 Å². The Balaban J connectivity index is 1.54. The number of rotatable bonds is 10. The summed E-state index contributed by atoms with van der Waals surface area (Å²) in [5.74, 6) is 2.19. The molecule has 2 aromatic heterocycles. The number of ether oxygens (including phenoxy) is 1. The van der Waals surface area contributed by atoms with E-state index in [9.17, 15) is 4.79 Å². The number of ketones is 1. The standard InChI is InChI=1S/C20H30N4O2S/c1-14-11-17(15(2)24(14)9-6-10-26-3)18(25)13-27-20-21-19(22-23-20)12-16-7-4-5-8-16/h11,16H,4-10,12-13H2,1-3H3,(H,21,22,23). The van der Waals surface area contributed by atoms with Crippen molar-refractivity contribution in [2.24, 2.45) is 5.92 Å². The molecule has 7 heteroatoms. The number of nitrogens with one attached hydrogen (secondary N) is 1. The summed E-state index contributed by atoms with van der Waals surface area (Å²) in [5.41, 5.74) is 2.96. The molecule has 1 saturated carbocycles. The van der Waals surface area contributed by atoms with Gasteiger partial charge in [-0.1, -0.05) is 37.4 Å². The lowest BCUT2D eigenvalue weighted by molar-refractivity contribution is 0.102. The Bertz CT molecular complexity index is 762. The fourth-order valence-electron chi connectivity index (χ4n) is 3.92. The Kier molecular flexibility index (Phi) is 7.13. The maximum absolute atomic E-state index is 12.7. The van der Waals surface area contributed by atoms with Gasteiger partial charge in [0.25, 0.3) is 0 Å². The van der Waals surface area contributed by atoms with Crippen molar-refractivity contribution in [1.82, 2.24) is 19.7 Å². The van der Waals surface area contributed by atoms with Crippen LogP contribution in [0.2, 0.25) is 0 Å². The molecule has 0 saturated heterocycles. The number of hydrogen-bond donors (Lipinski definition) is 1. The van der Waals surface area contributed by atoms with E-state index in [1.165, 1.54) is 37.4 Å². The van der Waals surface area contributed by atoms with Gasteiger partial charge in [0.2, 0.25) is 5.16 Å². The number of hydrogen-bond acceptors (Lipinski definition) is 5. The van der Waals surface area contributed by atoms with Crippen molar-refractivity contribution in [3.8, 4) is 0 Å². The molecule has 0 unspecified atom stereocenters. The highest BCUT2D eigenvalue weighted by Crippen LogP contribution is 2.27. The van der Waals surface area contributed by atoms with Crippen LogP contribution in [0.1, 0.15) is 59.7 Å². The van der Waals surface area contributed by atoms with Crippen LogP contribution < -0.4 is 0 Å². The average molecular weight is 391 g/mol. The minimum absolute atomic E-state index is 0.133. The summed E-state index contributed by atoms with van der Waals surface area (Å²) in [5, 5.41) is 7.99. The van der Waals surface area contributed by atoms with Gasteiger partial charge in [-0.05, 0) is 32.3 Å². The SMILES string of the molecule is COCCCn1c(C)cc(C(=O)CSc2n[nH]c(CC3CCCC3)n2)c1C. The second-order valence-corrected chi connectivity index (χ2v) is 8.36. The zero-order chi connectivity index (χ0) is 19.2. The van der Waals surface area contributed by atoms with Gasteiger partial charge in [-0.3, -0.25) is 9.89 Å². The van der Waals surface area contributed by atoms with Crippen LogP contribution >= 0.6 is 11.8 Å². The Morgan fingerprint density at radius 1 is 1.37 bits per heavy atom. The molecule has 0 aliphatic heterocycles. The van der Waals surface area contributed by atoms with E-state index < -0.39 is 0 Å². The number of aromatic nitrogens is 4. The molecule has 1 fully saturated rings. The molecule has 0 spiro atoms. The van der Waals surface area contributed by atoms with Crippen molar-refractivity contribution in [2.75, 3.05) is 19.5 Å². The van der Waals surface area contributed by atoms with Gasteiger partial charge in [0, 0.05) is 43.6 Å². The Morgan fingerprint density at radius 3 is 2.89 bits per heavy atom. The first-order chi connectivity index (χ1) is 13.1. The van der Waals surface area contributed by atoms with Crippen molar-refractivity contribution in [1.29, 1.82) is 0 Å². The first kappa shape index (κ1) is 20.1. The molecule has 6 nitrogen and oxygen atoms in total. The number of aryl methyl sites for hydroxylation is 1. The molecule has 3 rings (SSSR count). The Morgan fingerprint density at radius 2 is 2.15 bits per heavy atom. The fraction of sp³-hybridized carbons (Fsp3) is 0.650. The van der Waals surface area contributed by atoms with Crippen LogP contribution in [-0.4, -0.2) is 45.0 Å². The highest BCUT2D eigenvalue weighted by atomic mass is 32.2. The lowest BCUT2D eigenvalue weighted by Gasteiger charge is -2.09. The molecule has 0 radical (unpaired) electrons. The van der Waals surface area contributed by atoms with Crippen molar-refractivity contribution in [2.45, 2.75) is 64.1 Å². The topological polar surface area (TPSA) is 72.8 Å². The van der Waals surface area contributed by atoms with Gasteiger partial charge in [0.1, 0.15) is 5.82 Å². The number of Topliss-reactive ketones (excluding diaryl/α,β-unsaturated/α-hetero) is 1. The predicted molar refractivity (Wildman–Crippen MR) is 107 cm³/mol. The summed E-state index contributed by atoms with van der Waals surface area (Å²) in [7, 11) is 1.71. The number of carbonyl (C=O) groups is 1. The van der Waals surface area contributed by atoms with Crippen molar-refractivity contribution in [3.63, 3.8) is 0 Å². The fourth-order valence-corrected chi connectivity index (χ4v) is 4.62. The third kappa shape index (κ3) is 5.23. The number of methoxy groups -OCH3 is 1. The number of carbonyl (C=O) groups excluding carboxylic acids is 1. The maximum Gasteiger partial charge on any atom is 0.208 e. The smallest absolute Gasteiger partial charge is 0.208 e. The molecule has 148 valence electrons. The lowest BCUT2D eigenvalue weighted by Crippen LogP contribution is -2.08. The summed E-state index contributed by atoms with van der Waals surface area (Å²) in [6.07, 6.45) is 7.17. The van der Waals surface area contributed by atoms with Crippen LogP contribution in [0.4, 0.5) is 0 Å². The Hall–Kier alpha value is -1.60. The van der Waals surface area contributed by atoms with Crippen LogP contribution in [0, 0.1) is 19.8 Å². The number of H-pyrrole nitrogens is 1. The highest BCUT2D eigenvalue weighted by molar-refractivity contribution is 7.99. The minimum Gasteiger partial charge on any atom is -0.385 e. The van der Waals surface area contributed by atoms with Gasteiger partial charge in [-0.25, -0.2) is 4.98 Å². The third-order valence-electron chi connectivity index (χ3n) is 5.40. The van der Waals surface area contributed by atoms with E-state index in [0.717, 1.165) is 54.7 Å². The highest BCUT2D eigenvalue weighted by Gasteiger charge is 2.19. The zero-order valence-electron chi connectivity index (χ0n) is 16.6. The minimum atomic E-state index is 0.133. The van der Waals surface area contributed by atoms with Crippen molar-refractivity contribution < 1.29 is 9.53 Å². The van der Waals surface area contributed by atoms with E-state index in [1.54, 1.807) is 7.11 Å². The van der Waals surface area contributed by atoms with Gasteiger partial charge in [-0.2, -0.15) is 0 Å². The molecule has 0 amide bonds. The van der Waals surface area contributed by atoms with E-state index in [0.29, 0.717) is 10.9 Å². The second-order valence-electron chi connectivity index (χ2n) is 7.41. The lowest BCUT2D eigenvalue weighted by atomic mass is 10.0. The first-order valence-corrected chi connectivity index (χ1v) is 10.8. The van der Waals surface area contributed by atoms with Crippen LogP contribution in [0.5, 0.6) is 0 Å². The molecule has 0 aromatic carbocycles. The van der Waals surface area contributed by atoms with E-state index in [1.807, 2.05) is 19.9 Å². The summed E-state index contributed by atoms with van der Waals surface area (Å²) in [6.45, 7) is 5.67. The van der Waals surface area contributed by atoms with Gasteiger partial charge >= 0.3 is 0 Å². The van der Waals surface area contributed by atoms with Gasteiger partial charge in [0.15, 0.2) is 5.78 Å². The van der Waals surface area contributed by atoms with Crippen molar-refractivity contribution in [3.05, 3.63) is 28.8 Å². The van der Waals surface area contributed by atoms with Crippen LogP contribution in [0.3, 0.4) is 0 Å². The van der Waals surface area contributed by atoms with Crippen LogP contribution in [-0.2, 0) is 17.7 Å². The maximum atomic E-state index is 12.7. The average Bonchev–Trinajstić information content (AvgIpc) is 3.38. The molecule has 1 aliphatic carbocycles. The number of nitrogens with zero attached hydrogens (tertiary/aromatic N) is 3. The molecule has 1 aliphatic rings. The molecule has 1 N–H and O–H groups in total. The predicted octanol–water partition coefficient (Wildman–Crippen LogP) is 3.97. The number of thioether (sulfide) groups is 1. The number of aromatic amines is 1. The summed E-state index contributed by atoms with van der Waals surface area (Å²) in [4.78, 5) is 17.3. The largest absolute Gasteiger partial charge is 0.385 e. The summed E-state index contributed by atoms with van der Waals surface area (Å²) < 4.78 is 7.33. The molecular weight excluding hydrogens is 360 g/mol. The van der Waals surface area contributed by atoms with E-state index >= 15 is 0 Å². The monoisotopic (exact) mass is 390 g/mol. The second kappa shape index (κ2) is 9.55. The molecule has 0 bridgehead atoms. The van der Waals surface area contributed by atoms with E-state index in [4.69, 9.17) is 4.74 Å². The first-order valence-electron chi connectivity index (χ1n) is 9.81. The summed E-state index contributed by atoms with van der Waals surface area (Å²) >= 11 is 1.42. The van der Waals surface area contributed by atoms with Crippen LogP contribution in [0.15, 0.2) is 11.2 Å². The van der Waals surface area contributed by atoms with Gasteiger partial charge in [0.05, 0.1) is 5.75 Å². The summed E-state index contributed by atoms with van der Waals surface area (Å²) in [6, 6.07) is 1.99. The molecule has 0 atom stereocenters. The normalized spacial score (nSPS) is 14.9. The zero-order valence-corrected chi connectivity index (χ0v) is 17.4. The molecule has 2 aromatic rings. The van der Waals surface area contributed by atoms with Crippen molar-refractivity contribution >= 4 is 17.5 Å². The third-order valence-corrected chi connectivity index (χ3v) is 6.25. The van der Waals surface area contributed by atoms with E-state index in [2.05, 4.69) is 19.7 Å². The van der Waals surface area contributed by atoms with E-state index in [-0.39, 0.29) is 5.78 Å². The quantitative estimate of drug-likeness (QED) is 0.377. The van der Waals surface area contributed by atoms with Gasteiger partial charge in [-0.15, -0.1) is 5.10 Å².